The van der Waals surface area contributed by atoms with E-state index in [9.17, 15) is 24.3 Å². The molecule has 2 aromatic rings. The molecule has 2 aromatic heterocycles. The van der Waals surface area contributed by atoms with Gasteiger partial charge in [0.25, 0.3) is 0 Å². The molecule has 7 fully saturated rings. The van der Waals surface area contributed by atoms with Crippen LogP contribution in [0.3, 0.4) is 0 Å². The van der Waals surface area contributed by atoms with Crippen LogP contribution >= 0.6 is 0 Å². The van der Waals surface area contributed by atoms with E-state index in [-0.39, 0.29) is 59.9 Å². The molecule has 4 amide bonds. The van der Waals surface area contributed by atoms with Crippen LogP contribution in [-0.4, -0.2) is 127 Å². The Labute approximate surface area is 338 Å². The van der Waals surface area contributed by atoms with E-state index in [2.05, 4.69) is 37.8 Å². The predicted molar refractivity (Wildman–Crippen MR) is 208 cm³/mol. The van der Waals surface area contributed by atoms with Crippen molar-refractivity contribution in [1.29, 1.82) is 0 Å². The maximum Gasteiger partial charge on any atom is 0.407 e. The number of fused-ring (bicyclic) bond motifs is 2. The number of carbonyl (C=O) groups excluding carboxylic acids is 4. The van der Waals surface area contributed by atoms with Crippen LogP contribution in [0.25, 0.3) is 0 Å². The molecule has 0 aromatic carbocycles. The van der Waals surface area contributed by atoms with Crippen LogP contribution in [0.4, 0.5) is 4.79 Å². The molecule has 16 nitrogen and oxygen atoms in total. The number of morpholine rings is 1. The SMILES string of the molecule is COC(=O)N[C@H](C(=O)N1CCC[C@H]1c1ncc(C2CCC3C(C2)OC2CCC(c4cnc([C@@H]5CCCN5C(=O)[C@@H](NC(=O)CO)C5CC5)[nH]4)C4C=CN3C24)[nH]1)C1CC1. The molecule has 4 saturated carbocycles. The largest absolute Gasteiger partial charge is 0.453 e. The summed E-state index contributed by atoms with van der Waals surface area (Å²) >= 11 is 0. The van der Waals surface area contributed by atoms with Crippen molar-refractivity contribution in [3.8, 4) is 0 Å². The van der Waals surface area contributed by atoms with Crippen LogP contribution in [0.5, 0.6) is 0 Å². The molecule has 0 spiro atoms. The van der Waals surface area contributed by atoms with Crippen molar-refractivity contribution in [2.45, 2.75) is 144 Å². The minimum atomic E-state index is -0.622. The lowest BCUT2D eigenvalue weighted by Gasteiger charge is -2.54. The fourth-order valence-electron chi connectivity index (χ4n) is 11.5. The Bertz CT molecular complexity index is 1920. The number of H-pyrrole nitrogens is 2. The second-order valence-electron chi connectivity index (χ2n) is 18.1. The Morgan fingerprint density at radius 2 is 1.47 bits per heavy atom. The van der Waals surface area contributed by atoms with Gasteiger partial charge in [0.1, 0.15) is 30.3 Å². The number of aromatic amines is 2. The van der Waals surface area contributed by atoms with Gasteiger partial charge in [-0.25, -0.2) is 14.8 Å². The number of amides is 4. The second-order valence-corrected chi connectivity index (χ2v) is 18.1. The Kier molecular flexibility index (Phi) is 9.97. The Hall–Kier alpha value is -4.44. The van der Waals surface area contributed by atoms with Crippen molar-refractivity contribution in [2.24, 2.45) is 17.8 Å². The molecule has 0 radical (unpaired) electrons. The van der Waals surface area contributed by atoms with E-state index in [1.54, 1.807) is 0 Å². The summed E-state index contributed by atoms with van der Waals surface area (Å²) in [7, 11) is 1.33. The number of hydrogen-bond acceptors (Lipinski definition) is 10. The number of aliphatic hydroxyl groups is 1. The van der Waals surface area contributed by atoms with Gasteiger partial charge in [-0.2, -0.15) is 0 Å². The summed E-state index contributed by atoms with van der Waals surface area (Å²) in [6, 6.07) is -0.854. The highest BCUT2D eigenvalue weighted by atomic mass is 16.5. The van der Waals surface area contributed by atoms with Crippen molar-refractivity contribution in [1.82, 2.24) is 45.3 Å². The molecule has 16 heteroatoms. The lowest BCUT2D eigenvalue weighted by atomic mass is 9.71. The van der Waals surface area contributed by atoms with Crippen LogP contribution in [0.15, 0.2) is 24.7 Å². The van der Waals surface area contributed by atoms with Crippen molar-refractivity contribution in [2.75, 3.05) is 26.8 Å². The fourth-order valence-corrected chi connectivity index (χ4v) is 11.5. The van der Waals surface area contributed by atoms with E-state index >= 15 is 0 Å². The zero-order valence-corrected chi connectivity index (χ0v) is 33.3. The summed E-state index contributed by atoms with van der Waals surface area (Å²) in [6.07, 6.45) is 20.4. The van der Waals surface area contributed by atoms with Gasteiger partial charge < -0.3 is 49.9 Å². The molecule has 312 valence electrons. The molecule has 10 rings (SSSR count). The minimum absolute atomic E-state index is 0.0452. The molecular weight excluding hydrogens is 743 g/mol. The smallest absolute Gasteiger partial charge is 0.407 e. The predicted octanol–water partition coefficient (Wildman–Crippen LogP) is 3.28. The lowest BCUT2D eigenvalue weighted by molar-refractivity contribution is -0.168. The van der Waals surface area contributed by atoms with Crippen molar-refractivity contribution >= 4 is 23.8 Å². The summed E-state index contributed by atoms with van der Waals surface area (Å²) in [5.74, 6) is 2.17. The van der Waals surface area contributed by atoms with Crippen molar-refractivity contribution in [3.05, 3.63) is 47.7 Å². The summed E-state index contributed by atoms with van der Waals surface area (Å²) in [5, 5.41) is 14.9. The molecule has 4 aliphatic heterocycles. The number of hydrogen-bond donors (Lipinski definition) is 5. The first-order valence-electron chi connectivity index (χ1n) is 21.9. The zero-order chi connectivity index (χ0) is 39.7. The Morgan fingerprint density at radius 3 is 2.10 bits per heavy atom. The van der Waals surface area contributed by atoms with Crippen LogP contribution in [-0.2, 0) is 23.9 Å². The Morgan fingerprint density at radius 1 is 0.828 bits per heavy atom. The number of carbonyl (C=O) groups is 4. The molecule has 5 N–H and O–H groups in total. The van der Waals surface area contributed by atoms with Gasteiger partial charge in [0, 0.05) is 54.6 Å². The number of nitrogens with one attached hydrogen (secondary N) is 4. The number of alkyl carbamates (subject to hydrolysis) is 1. The van der Waals surface area contributed by atoms with Crippen molar-refractivity contribution in [3.63, 3.8) is 0 Å². The molecule has 6 heterocycles. The third-order valence-electron chi connectivity index (χ3n) is 14.7. The van der Waals surface area contributed by atoms with Gasteiger partial charge in [0.15, 0.2) is 0 Å². The molecule has 3 saturated heterocycles. The summed E-state index contributed by atoms with van der Waals surface area (Å²) in [6.45, 7) is 0.660. The first-order chi connectivity index (χ1) is 28.3. The van der Waals surface area contributed by atoms with Crippen LogP contribution in [0.1, 0.15) is 130 Å². The number of rotatable bonds is 11. The highest BCUT2D eigenvalue weighted by Crippen LogP contribution is 2.51. The molecule has 58 heavy (non-hydrogen) atoms. The van der Waals surface area contributed by atoms with E-state index in [1.807, 2.05) is 22.2 Å². The fraction of sp³-hybridized carbons (Fsp3) is 0.714. The lowest BCUT2D eigenvalue weighted by Crippen LogP contribution is -2.62. The number of ether oxygens (including phenoxy) is 2. The van der Waals surface area contributed by atoms with E-state index in [0.717, 1.165) is 107 Å². The average molecular weight is 800 g/mol. The topological polar surface area (TPSA) is 198 Å². The number of imidazole rings is 2. The van der Waals surface area contributed by atoms with Gasteiger partial charge in [0.2, 0.25) is 17.7 Å². The summed E-state index contributed by atoms with van der Waals surface area (Å²) in [5.41, 5.74) is 2.22. The highest BCUT2D eigenvalue weighted by molar-refractivity contribution is 5.89. The molecule has 4 aliphatic carbocycles. The molecule has 11 atom stereocenters. The van der Waals surface area contributed by atoms with Gasteiger partial charge in [-0.1, -0.05) is 6.08 Å². The standard InChI is InChI=1S/C42H57N9O7/c1-57-42(56)48-36(23-8-9-23)41(55)51-16-2-4-30(51)38-43-19-27(45-38)24-10-12-29-33(18-24)58-32-13-11-25(26-14-17-49(29)37(26)32)28-20-44-39(46-28)31-5-3-15-50(31)40(54)35(22-6-7-22)47-34(53)21-52/h14,17,19-20,22-26,29-33,35-37,52H,2-13,15-16,18,21H2,1H3,(H,43,45)(H,44,46)(H,47,53)(H,48,56)/t24?,25?,26?,29?,30-,31-,32?,33?,35-,36-,37?/m0/s1. The first-order valence-corrected chi connectivity index (χ1v) is 21.9. The van der Waals surface area contributed by atoms with Gasteiger partial charge in [0.05, 0.1) is 43.5 Å². The van der Waals surface area contributed by atoms with Crippen LogP contribution < -0.4 is 10.6 Å². The number of likely N-dealkylation sites (tertiary alicyclic amines) is 2. The summed E-state index contributed by atoms with van der Waals surface area (Å²) < 4.78 is 11.9. The first kappa shape index (κ1) is 37.8. The molecule has 0 bridgehead atoms. The number of aliphatic hydroxyl groups excluding tert-OH is 1. The third kappa shape index (κ3) is 6.87. The molecule has 7 unspecified atom stereocenters. The minimum Gasteiger partial charge on any atom is -0.453 e. The van der Waals surface area contributed by atoms with Crippen LogP contribution in [0, 0.1) is 17.8 Å². The van der Waals surface area contributed by atoms with Gasteiger partial charge in [-0.15, -0.1) is 0 Å². The van der Waals surface area contributed by atoms with E-state index < -0.39 is 30.7 Å². The molecule has 8 aliphatic rings. The van der Waals surface area contributed by atoms with Gasteiger partial charge in [-0.3, -0.25) is 14.4 Å². The van der Waals surface area contributed by atoms with Crippen molar-refractivity contribution < 1.29 is 33.8 Å². The van der Waals surface area contributed by atoms with Gasteiger partial charge >= 0.3 is 6.09 Å². The average Bonchev–Trinajstić information content (AvgIpc) is 3.82. The van der Waals surface area contributed by atoms with Crippen LogP contribution in [0.2, 0.25) is 0 Å². The number of methoxy groups -OCH3 is 1. The van der Waals surface area contributed by atoms with E-state index in [1.165, 1.54) is 7.11 Å². The third-order valence-corrected chi connectivity index (χ3v) is 14.7. The quantitative estimate of drug-likeness (QED) is 0.225. The second kappa shape index (κ2) is 15.3. The number of aromatic nitrogens is 4. The monoisotopic (exact) mass is 799 g/mol. The van der Waals surface area contributed by atoms with E-state index in [4.69, 9.17) is 19.4 Å². The highest BCUT2D eigenvalue weighted by Gasteiger charge is 2.54. The molecular formula is C42H57N9O7. The Balaban J connectivity index is 0.779. The summed E-state index contributed by atoms with van der Waals surface area (Å²) in [4.78, 5) is 75.0. The van der Waals surface area contributed by atoms with E-state index in [0.29, 0.717) is 31.0 Å². The maximum atomic E-state index is 13.7. The van der Waals surface area contributed by atoms with Gasteiger partial charge in [-0.05, 0) is 102 Å². The maximum absolute atomic E-state index is 13.7. The normalized spacial score (nSPS) is 33.7. The number of nitrogens with zero attached hydrogens (tertiary/aromatic N) is 5. The zero-order valence-electron chi connectivity index (χ0n) is 33.3.